The van der Waals surface area contributed by atoms with Crippen molar-refractivity contribution >= 4 is 33.2 Å². The van der Waals surface area contributed by atoms with Crippen molar-refractivity contribution in [2.24, 2.45) is 5.92 Å². The highest BCUT2D eigenvalue weighted by Crippen LogP contribution is 2.28. The number of halogens is 3. The monoisotopic (exact) mass is 609 g/mol. The Hall–Kier alpha value is -3.19. The summed E-state index contributed by atoms with van der Waals surface area (Å²) in [6.07, 6.45) is -0.909. The number of benzene rings is 1. The van der Waals surface area contributed by atoms with E-state index in [9.17, 15) is 31.2 Å². The van der Waals surface area contributed by atoms with Crippen molar-refractivity contribution in [1.82, 2.24) is 23.0 Å². The summed E-state index contributed by atoms with van der Waals surface area (Å²) < 4.78 is 69.3. The van der Waals surface area contributed by atoms with Gasteiger partial charge in [-0.05, 0) is 51.2 Å². The standard InChI is InChI=1S/C29H38F3N5O4S/c1-5-22-23(6-2)35(17-11-20(3)4)26(33-27(22)38)19-36-24-9-7-8-10-25(24)37(28(36)39)21-12-15-34(16-13-21)42(40,41)18-14-29(30,31)32/h5-10,20-21H,11-19H2,1-4H3. The molecule has 0 saturated carbocycles. The van der Waals surface area contributed by atoms with Gasteiger partial charge in [-0.3, -0.25) is 13.9 Å². The second-order valence-corrected chi connectivity index (χ2v) is 13.2. The molecule has 1 saturated heterocycles. The summed E-state index contributed by atoms with van der Waals surface area (Å²) in [7, 11) is -4.07. The van der Waals surface area contributed by atoms with Gasteiger partial charge in [-0.1, -0.05) is 38.1 Å². The van der Waals surface area contributed by atoms with Gasteiger partial charge in [0, 0.05) is 25.7 Å². The van der Waals surface area contributed by atoms with Gasteiger partial charge >= 0.3 is 11.9 Å². The molecule has 2 aromatic heterocycles. The van der Waals surface area contributed by atoms with E-state index in [1.54, 1.807) is 22.1 Å². The van der Waals surface area contributed by atoms with Crippen molar-refractivity contribution in [3.63, 3.8) is 0 Å². The van der Waals surface area contributed by atoms with Gasteiger partial charge in [-0.2, -0.15) is 18.2 Å². The number of piperidine rings is 1. The number of sulfonamides is 1. The SMILES string of the molecule is CC=c1c(=O)nc(Cn2c(=O)n(C3CCN(S(=O)(=O)CCC(F)(F)F)CC3)c3ccccc32)n(CCC(C)C)c1=CC. The van der Waals surface area contributed by atoms with Crippen LogP contribution in [-0.2, 0) is 23.1 Å². The number of para-hydroxylation sites is 2. The second-order valence-electron chi connectivity index (χ2n) is 11.1. The lowest BCUT2D eigenvalue weighted by Gasteiger charge is -2.31. The minimum atomic E-state index is -4.56. The molecule has 1 fully saturated rings. The van der Waals surface area contributed by atoms with Crippen LogP contribution in [0.5, 0.6) is 0 Å². The van der Waals surface area contributed by atoms with Gasteiger partial charge in [0.2, 0.25) is 10.0 Å². The Kier molecular flexibility index (Phi) is 9.51. The first-order valence-corrected chi connectivity index (χ1v) is 15.8. The third-order valence-corrected chi connectivity index (χ3v) is 9.70. The topological polar surface area (TPSA) is 99.2 Å². The van der Waals surface area contributed by atoms with Gasteiger partial charge in [0.05, 0.1) is 40.3 Å². The smallest absolute Gasteiger partial charge is 0.328 e. The quantitative estimate of drug-likeness (QED) is 0.372. The van der Waals surface area contributed by atoms with Crippen molar-refractivity contribution in [2.75, 3.05) is 18.8 Å². The molecule has 3 aromatic rings. The van der Waals surface area contributed by atoms with E-state index in [2.05, 4.69) is 18.8 Å². The zero-order valence-corrected chi connectivity index (χ0v) is 25.2. The maximum atomic E-state index is 14.0. The van der Waals surface area contributed by atoms with Crippen molar-refractivity contribution in [1.29, 1.82) is 0 Å². The minimum absolute atomic E-state index is 0.0256. The first-order valence-electron chi connectivity index (χ1n) is 14.2. The Morgan fingerprint density at radius 2 is 1.67 bits per heavy atom. The Labute approximate surface area is 242 Å². The normalized spacial score (nSPS) is 16.8. The van der Waals surface area contributed by atoms with Crippen molar-refractivity contribution in [3.8, 4) is 0 Å². The van der Waals surface area contributed by atoms with Crippen LogP contribution in [0.2, 0.25) is 0 Å². The molecule has 0 unspecified atom stereocenters. The van der Waals surface area contributed by atoms with Crippen molar-refractivity contribution < 1.29 is 21.6 Å². The van der Waals surface area contributed by atoms with Crippen LogP contribution in [0.25, 0.3) is 23.2 Å². The summed E-state index contributed by atoms with van der Waals surface area (Å²) in [6.45, 7) is 8.62. The number of alkyl halides is 3. The molecule has 4 rings (SSSR count). The molecule has 0 spiro atoms. The fourth-order valence-corrected chi connectivity index (χ4v) is 7.12. The van der Waals surface area contributed by atoms with E-state index in [0.717, 1.165) is 16.1 Å². The van der Waals surface area contributed by atoms with Crippen LogP contribution in [0.1, 0.15) is 65.2 Å². The highest BCUT2D eigenvalue weighted by atomic mass is 32.2. The van der Waals surface area contributed by atoms with Crippen LogP contribution < -0.4 is 21.8 Å². The van der Waals surface area contributed by atoms with Gasteiger partial charge in [-0.25, -0.2) is 17.5 Å². The van der Waals surface area contributed by atoms with Gasteiger partial charge in [-0.15, -0.1) is 0 Å². The van der Waals surface area contributed by atoms with Crippen LogP contribution >= 0.6 is 0 Å². The number of fused-ring (bicyclic) bond motifs is 1. The molecule has 1 aliphatic rings. The number of imidazole rings is 1. The van der Waals surface area contributed by atoms with Gasteiger partial charge in [0.15, 0.2) is 0 Å². The summed E-state index contributed by atoms with van der Waals surface area (Å²) in [5.41, 5.74) is 0.642. The lowest BCUT2D eigenvalue weighted by molar-refractivity contribution is -0.130. The largest absolute Gasteiger partial charge is 0.390 e. The Morgan fingerprint density at radius 1 is 1.02 bits per heavy atom. The molecule has 13 heteroatoms. The third kappa shape index (κ3) is 6.72. The average Bonchev–Trinajstić information content (AvgIpc) is 3.21. The molecule has 0 bridgehead atoms. The van der Waals surface area contributed by atoms with Gasteiger partial charge < -0.3 is 4.57 Å². The fourth-order valence-electron chi connectivity index (χ4n) is 5.60. The van der Waals surface area contributed by atoms with Crippen molar-refractivity contribution in [2.45, 2.75) is 78.7 Å². The summed E-state index contributed by atoms with van der Waals surface area (Å²) in [5, 5.41) is 1.26. The molecule has 9 nitrogen and oxygen atoms in total. The summed E-state index contributed by atoms with van der Waals surface area (Å²) >= 11 is 0. The van der Waals surface area contributed by atoms with Gasteiger partial charge in [0.1, 0.15) is 5.82 Å². The van der Waals surface area contributed by atoms with E-state index in [4.69, 9.17) is 0 Å². The maximum Gasteiger partial charge on any atom is 0.390 e. The second kappa shape index (κ2) is 12.6. The molecular formula is C29H38F3N5O4S. The van der Waals surface area contributed by atoms with Crippen LogP contribution in [-0.4, -0.2) is 56.4 Å². The first kappa shape index (κ1) is 31.7. The Bertz CT molecular complexity index is 1780. The molecule has 3 heterocycles. The predicted octanol–water partition coefficient (Wildman–Crippen LogP) is 2.97. The first-order chi connectivity index (χ1) is 19.8. The van der Waals surface area contributed by atoms with Crippen molar-refractivity contribution in [3.05, 3.63) is 61.5 Å². The fraction of sp³-hybridized carbons (Fsp3) is 0.552. The molecule has 0 atom stereocenters. The van der Waals surface area contributed by atoms with E-state index < -0.39 is 28.4 Å². The molecule has 1 aromatic carbocycles. The summed E-state index contributed by atoms with van der Waals surface area (Å²) in [5.74, 6) is -0.115. The van der Waals surface area contributed by atoms with E-state index in [0.29, 0.717) is 34.5 Å². The van der Waals surface area contributed by atoms with Crippen LogP contribution in [0, 0.1) is 5.92 Å². The highest BCUT2D eigenvalue weighted by molar-refractivity contribution is 7.89. The number of rotatable bonds is 9. The molecule has 0 aliphatic carbocycles. The van der Waals surface area contributed by atoms with E-state index in [-0.39, 0.29) is 49.8 Å². The van der Waals surface area contributed by atoms with E-state index in [1.807, 2.05) is 41.8 Å². The minimum Gasteiger partial charge on any atom is -0.328 e. The zero-order chi connectivity index (χ0) is 30.8. The molecule has 0 amide bonds. The maximum absolute atomic E-state index is 14.0. The zero-order valence-electron chi connectivity index (χ0n) is 24.4. The molecule has 0 radical (unpaired) electrons. The summed E-state index contributed by atoms with van der Waals surface area (Å²) in [6, 6.07) is 6.93. The molecule has 1 aliphatic heterocycles. The van der Waals surface area contributed by atoms with E-state index in [1.165, 1.54) is 0 Å². The highest BCUT2D eigenvalue weighted by Gasteiger charge is 2.35. The number of nitrogens with zero attached hydrogens (tertiary/aromatic N) is 5. The Balaban J connectivity index is 1.71. The molecule has 0 N–H and O–H groups in total. The van der Waals surface area contributed by atoms with Crippen LogP contribution in [0.15, 0.2) is 33.9 Å². The number of hydrogen-bond donors (Lipinski definition) is 0. The van der Waals surface area contributed by atoms with Crippen LogP contribution in [0.3, 0.4) is 0 Å². The number of aromatic nitrogens is 4. The Morgan fingerprint density at radius 3 is 2.24 bits per heavy atom. The molecule has 230 valence electrons. The van der Waals surface area contributed by atoms with E-state index >= 15 is 0 Å². The third-order valence-electron chi connectivity index (χ3n) is 7.83. The summed E-state index contributed by atoms with van der Waals surface area (Å²) in [4.78, 5) is 31.3. The average molecular weight is 610 g/mol. The van der Waals surface area contributed by atoms with Crippen LogP contribution in [0.4, 0.5) is 13.2 Å². The molecule has 42 heavy (non-hydrogen) atoms. The van der Waals surface area contributed by atoms with Gasteiger partial charge in [0.25, 0.3) is 5.56 Å². The lowest BCUT2D eigenvalue weighted by Crippen LogP contribution is -2.49. The molecular weight excluding hydrogens is 571 g/mol. The number of hydrogen-bond acceptors (Lipinski definition) is 5. The predicted molar refractivity (Wildman–Crippen MR) is 157 cm³/mol. The lowest BCUT2D eigenvalue weighted by atomic mass is 10.1.